The number of ether oxygens (including phenoxy) is 1. The Hall–Kier alpha value is -1.59. The molecule has 1 aliphatic heterocycles. The molecule has 0 aromatic heterocycles. The minimum atomic E-state index is -0.200. The lowest BCUT2D eigenvalue weighted by atomic mass is 9.92. The van der Waals surface area contributed by atoms with E-state index in [1.165, 1.54) is 6.42 Å². The van der Waals surface area contributed by atoms with Gasteiger partial charge in [-0.15, -0.1) is 0 Å². The maximum atomic E-state index is 11.4. The van der Waals surface area contributed by atoms with Crippen LogP contribution in [0.5, 0.6) is 5.75 Å². The third kappa shape index (κ3) is 4.24. The van der Waals surface area contributed by atoms with Gasteiger partial charge in [0.2, 0.25) is 5.91 Å². The molecule has 1 aromatic carbocycles. The molecule has 5 nitrogen and oxygen atoms in total. The Kier molecular flexibility index (Phi) is 5.51. The van der Waals surface area contributed by atoms with E-state index in [1.54, 1.807) is 0 Å². The topological polar surface area (TPSA) is 70.6 Å². The van der Waals surface area contributed by atoms with Gasteiger partial charge >= 0.3 is 0 Å². The second-order valence-corrected chi connectivity index (χ2v) is 6.44. The average Bonchev–Trinajstić information content (AvgIpc) is 2.56. The first kappa shape index (κ1) is 16.3. The van der Waals surface area contributed by atoms with Crippen LogP contribution in [0.4, 0.5) is 5.69 Å². The number of rotatable bonds is 6. The molecule has 1 fully saturated rings. The summed E-state index contributed by atoms with van der Waals surface area (Å²) < 4.78 is 5.90. The summed E-state index contributed by atoms with van der Waals surface area (Å²) in [5.41, 5.74) is 1.98. The lowest BCUT2D eigenvalue weighted by Crippen LogP contribution is -2.42. The highest BCUT2D eigenvalue weighted by Gasteiger charge is 2.22. The molecule has 1 aromatic rings. The van der Waals surface area contributed by atoms with E-state index in [1.807, 2.05) is 18.2 Å². The van der Waals surface area contributed by atoms with Crippen molar-refractivity contribution in [1.29, 1.82) is 0 Å². The molecule has 0 bridgehead atoms. The lowest BCUT2D eigenvalue weighted by molar-refractivity contribution is -0.116. The number of carbonyl (C=O) groups excluding carboxylic acids is 1. The number of nitrogens with one attached hydrogen (secondary N) is 2. The van der Waals surface area contributed by atoms with Crippen molar-refractivity contribution < 1.29 is 14.6 Å². The summed E-state index contributed by atoms with van der Waals surface area (Å²) in [7, 11) is 0. The standard InChI is InChI=1S/C18H26N2O3/c21-16-7-2-1-5-15(16)19-11-4-12-23-17-8-3-6-14-13(17)9-10-18(22)20-14/h3,6,8,15-16,19,21H,1-2,4-5,7,9-12H2,(H,20,22). The van der Waals surface area contributed by atoms with Crippen LogP contribution in [0.3, 0.4) is 0 Å². The molecule has 2 atom stereocenters. The first-order valence-electron chi connectivity index (χ1n) is 8.70. The molecule has 1 aliphatic carbocycles. The molecular weight excluding hydrogens is 292 g/mol. The highest BCUT2D eigenvalue weighted by molar-refractivity contribution is 5.94. The summed E-state index contributed by atoms with van der Waals surface area (Å²) in [6.07, 6.45) is 6.28. The Bertz CT molecular complexity index is 547. The quantitative estimate of drug-likeness (QED) is 0.704. The Balaban J connectivity index is 1.43. The van der Waals surface area contributed by atoms with E-state index in [0.29, 0.717) is 13.0 Å². The van der Waals surface area contributed by atoms with Crippen LogP contribution >= 0.6 is 0 Å². The molecule has 0 spiro atoms. The Morgan fingerprint density at radius 1 is 1.26 bits per heavy atom. The number of benzene rings is 1. The van der Waals surface area contributed by atoms with Crippen LogP contribution in [0.2, 0.25) is 0 Å². The highest BCUT2D eigenvalue weighted by atomic mass is 16.5. The van der Waals surface area contributed by atoms with Gasteiger partial charge in [0.1, 0.15) is 5.75 Å². The number of aliphatic hydroxyl groups is 1. The van der Waals surface area contributed by atoms with E-state index < -0.39 is 0 Å². The zero-order valence-electron chi connectivity index (χ0n) is 13.5. The summed E-state index contributed by atoms with van der Waals surface area (Å²) >= 11 is 0. The lowest BCUT2D eigenvalue weighted by Gasteiger charge is -2.28. The predicted octanol–water partition coefficient (Wildman–Crippen LogP) is 2.23. The number of anilines is 1. The smallest absolute Gasteiger partial charge is 0.224 e. The van der Waals surface area contributed by atoms with Crippen molar-refractivity contribution >= 4 is 11.6 Å². The van der Waals surface area contributed by atoms with E-state index in [9.17, 15) is 9.90 Å². The molecule has 2 aliphatic rings. The van der Waals surface area contributed by atoms with Gasteiger partial charge in [0.15, 0.2) is 0 Å². The number of fused-ring (bicyclic) bond motifs is 1. The Morgan fingerprint density at radius 3 is 3.00 bits per heavy atom. The first-order chi connectivity index (χ1) is 11.2. The molecule has 23 heavy (non-hydrogen) atoms. The fourth-order valence-electron chi connectivity index (χ4n) is 3.42. The third-order valence-corrected chi connectivity index (χ3v) is 4.72. The number of hydrogen-bond donors (Lipinski definition) is 3. The molecule has 1 saturated carbocycles. The largest absolute Gasteiger partial charge is 0.493 e. The van der Waals surface area contributed by atoms with Gasteiger partial charge in [0.05, 0.1) is 12.7 Å². The minimum Gasteiger partial charge on any atom is -0.493 e. The van der Waals surface area contributed by atoms with Crippen molar-refractivity contribution in [1.82, 2.24) is 5.32 Å². The first-order valence-corrected chi connectivity index (χ1v) is 8.70. The van der Waals surface area contributed by atoms with E-state index in [2.05, 4.69) is 10.6 Å². The molecule has 3 N–H and O–H groups in total. The van der Waals surface area contributed by atoms with Crippen LogP contribution in [-0.4, -0.2) is 36.3 Å². The van der Waals surface area contributed by atoms with Gasteiger partial charge in [-0.1, -0.05) is 18.9 Å². The van der Waals surface area contributed by atoms with Crippen molar-refractivity contribution in [2.24, 2.45) is 0 Å². The normalized spacial score (nSPS) is 24.0. The van der Waals surface area contributed by atoms with Gasteiger partial charge in [-0.05, 0) is 44.4 Å². The molecule has 1 heterocycles. The zero-order chi connectivity index (χ0) is 16.1. The summed E-state index contributed by atoms with van der Waals surface area (Å²) in [6.45, 7) is 1.49. The van der Waals surface area contributed by atoms with Crippen LogP contribution in [0.15, 0.2) is 18.2 Å². The zero-order valence-corrected chi connectivity index (χ0v) is 13.5. The van der Waals surface area contributed by atoms with Crippen molar-refractivity contribution in [2.45, 2.75) is 57.1 Å². The van der Waals surface area contributed by atoms with Crippen LogP contribution in [0.25, 0.3) is 0 Å². The van der Waals surface area contributed by atoms with Gasteiger partial charge < -0.3 is 20.5 Å². The number of amides is 1. The monoisotopic (exact) mass is 318 g/mol. The van der Waals surface area contributed by atoms with Gasteiger partial charge in [0, 0.05) is 23.7 Å². The van der Waals surface area contributed by atoms with E-state index in [-0.39, 0.29) is 18.1 Å². The van der Waals surface area contributed by atoms with Crippen LogP contribution in [0.1, 0.15) is 44.1 Å². The van der Waals surface area contributed by atoms with Crippen molar-refractivity contribution in [3.05, 3.63) is 23.8 Å². The molecule has 3 rings (SSSR count). The molecule has 2 unspecified atom stereocenters. The van der Waals surface area contributed by atoms with Crippen LogP contribution in [0, 0.1) is 0 Å². The third-order valence-electron chi connectivity index (χ3n) is 4.72. The fourth-order valence-corrected chi connectivity index (χ4v) is 3.42. The second kappa shape index (κ2) is 7.79. The minimum absolute atomic E-state index is 0.0740. The molecule has 0 radical (unpaired) electrons. The van der Waals surface area contributed by atoms with Crippen LogP contribution in [-0.2, 0) is 11.2 Å². The molecule has 126 valence electrons. The second-order valence-electron chi connectivity index (χ2n) is 6.44. The number of hydrogen-bond acceptors (Lipinski definition) is 4. The van der Waals surface area contributed by atoms with E-state index >= 15 is 0 Å². The molecular formula is C18H26N2O3. The maximum absolute atomic E-state index is 11.4. The molecule has 1 amide bonds. The molecule has 0 saturated heterocycles. The summed E-state index contributed by atoms with van der Waals surface area (Å²) in [5, 5.41) is 16.3. The van der Waals surface area contributed by atoms with Crippen LogP contribution < -0.4 is 15.4 Å². The highest BCUT2D eigenvalue weighted by Crippen LogP contribution is 2.31. The fraction of sp³-hybridized carbons (Fsp3) is 0.611. The Labute approximate surface area is 137 Å². The average molecular weight is 318 g/mol. The predicted molar refractivity (Wildman–Crippen MR) is 89.8 cm³/mol. The summed E-state index contributed by atoms with van der Waals surface area (Å²) in [6, 6.07) is 6.04. The van der Waals surface area contributed by atoms with Gasteiger partial charge in [-0.2, -0.15) is 0 Å². The number of aliphatic hydroxyl groups excluding tert-OH is 1. The summed E-state index contributed by atoms with van der Waals surface area (Å²) in [5.74, 6) is 0.949. The van der Waals surface area contributed by atoms with E-state index in [0.717, 1.165) is 55.6 Å². The van der Waals surface area contributed by atoms with Crippen molar-refractivity contribution in [3.63, 3.8) is 0 Å². The van der Waals surface area contributed by atoms with Crippen molar-refractivity contribution in [3.8, 4) is 5.75 Å². The SMILES string of the molecule is O=C1CCc2c(cccc2OCCCNC2CCCCC2O)N1. The van der Waals surface area contributed by atoms with Gasteiger partial charge in [0.25, 0.3) is 0 Å². The van der Waals surface area contributed by atoms with Gasteiger partial charge in [-0.3, -0.25) is 4.79 Å². The van der Waals surface area contributed by atoms with Crippen molar-refractivity contribution in [2.75, 3.05) is 18.5 Å². The summed E-state index contributed by atoms with van der Waals surface area (Å²) in [4.78, 5) is 11.4. The Morgan fingerprint density at radius 2 is 2.13 bits per heavy atom. The van der Waals surface area contributed by atoms with Gasteiger partial charge in [-0.25, -0.2) is 0 Å². The van der Waals surface area contributed by atoms with E-state index in [4.69, 9.17) is 4.74 Å². The molecule has 5 heteroatoms. The number of carbonyl (C=O) groups is 1. The maximum Gasteiger partial charge on any atom is 0.224 e.